The first kappa shape index (κ1) is 15.2. The lowest BCUT2D eigenvalue weighted by Gasteiger charge is -2.06. The molecule has 0 aliphatic carbocycles. The average molecular weight is 330 g/mol. The quantitative estimate of drug-likeness (QED) is 0.781. The monoisotopic (exact) mass is 329 g/mol. The molecule has 0 aliphatic rings. The number of anilines is 1. The van der Waals surface area contributed by atoms with Crippen LogP contribution in [0.3, 0.4) is 0 Å². The number of hydrogen-bond donors (Lipinski definition) is 1. The predicted molar refractivity (Wildman–Crippen MR) is 87.7 cm³/mol. The Bertz CT molecular complexity index is 876. The summed E-state index contributed by atoms with van der Waals surface area (Å²) in [6, 6.07) is 11.3. The van der Waals surface area contributed by atoms with E-state index in [-0.39, 0.29) is 11.5 Å². The minimum Gasteiger partial charge on any atom is -0.319 e. The summed E-state index contributed by atoms with van der Waals surface area (Å²) in [5.41, 5.74) is 2.19. The molecule has 0 aliphatic heterocycles. The van der Waals surface area contributed by atoms with Crippen LogP contribution >= 0.6 is 11.6 Å². The Morgan fingerprint density at radius 2 is 2.04 bits per heavy atom. The third-order valence-corrected chi connectivity index (χ3v) is 3.70. The fraction of sp³-hybridized carbons (Fsp3) is 0.0588. The molecule has 6 heteroatoms. The fourth-order valence-corrected chi connectivity index (χ4v) is 2.42. The zero-order valence-corrected chi connectivity index (χ0v) is 13.0. The highest BCUT2D eigenvalue weighted by atomic mass is 35.5. The third-order valence-electron chi connectivity index (χ3n) is 3.38. The van der Waals surface area contributed by atoms with Gasteiger partial charge in [-0.2, -0.15) is 5.10 Å². The Balaban J connectivity index is 1.83. The van der Waals surface area contributed by atoms with Gasteiger partial charge in [0.2, 0.25) is 0 Å². The summed E-state index contributed by atoms with van der Waals surface area (Å²) in [4.78, 5) is 12.3. The van der Waals surface area contributed by atoms with Gasteiger partial charge in [-0.25, -0.2) is 9.07 Å². The van der Waals surface area contributed by atoms with Gasteiger partial charge >= 0.3 is 0 Å². The maximum absolute atomic E-state index is 13.3. The predicted octanol–water partition coefficient (Wildman–Crippen LogP) is 4.23. The number of nitrogens with one attached hydrogen (secondary N) is 1. The van der Waals surface area contributed by atoms with Gasteiger partial charge in [0.1, 0.15) is 5.82 Å². The molecule has 4 nitrogen and oxygen atoms in total. The Morgan fingerprint density at radius 3 is 2.83 bits per heavy atom. The number of hydrogen-bond acceptors (Lipinski definition) is 2. The normalized spacial score (nSPS) is 10.6. The van der Waals surface area contributed by atoms with Gasteiger partial charge in [-0.05, 0) is 36.8 Å². The summed E-state index contributed by atoms with van der Waals surface area (Å²) in [6.07, 6.45) is 3.16. The van der Waals surface area contributed by atoms with E-state index >= 15 is 0 Å². The summed E-state index contributed by atoms with van der Waals surface area (Å²) in [5, 5.41) is 7.43. The lowest BCUT2D eigenvalue weighted by Crippen LogP contribution is -2.13. The maximum atomic E-state index is 13.3. The van der Waals surface area contributed by atoms with Crippen molar-refractivity contribution in [2.75, 3.05) is 5.32 Å². The van der Waals surface area contributed by atoms with Gasteiger partial charge in [0.15, 0.2) is 0 Å². The van der Waals surface area contributed by atoms with Crippen LogP contribution in [-0.2, 0) is 0 Å². The van der Waals surface area contributed by atoms with Crippen LogP contribution in [0.25, 0.3) is 5.69 Å². The van der Waals surface area contributed by atoms with E-state index in [1.165, 1.54) is 18.3 Å². The van der Waals surface area contributed by atoms with Crippen LogP contribution in [0.5, 0.6) is 0 Å². The first-order valence-electron chi connectivity index (χ1n) is 6.91. The van der Waals surface area contributed by atoms with Crippen molar-refractivity contribution in [1.82, 2.24) is 9.78 Å². The molecule has 1 N–H and O–H groups in total. The van der Waals surface area contributed by atoms with Gasteiger partial charge in [0, 0.05) is 5.56 Å². The van der Waals surface area contributed by atoms with E-state index in [1.807, 2.05) is 18.2 Å². The molecule has 116 valence electrons. The maximum Gasteiger partial charge on any atom is 0.256 e. The standard InChI is InChI=1S/C17H13ClFN3O/c1-11-6-7-12(19)8-14(11)17(23)21-13-9-20-22(10-13)16-5-3-2-4-15(16)18/h2-10H,1H3,(H,21,23). The molecule has 1 heterocycles. The number of carbonyl (C=O) groups excluding carboxylic acids is 1. The van der Waals surface area contributed by atoms with E-state index in [9.17, 15) is 9.18 Å². The number of para-hydroxylation sites is 1. The largest absolute Gasteiger partial charge is 0.319 e. The Hall–Kier alpha value is -2.66. The summed E-state index contributed by atoms with van der Waals surface area (Å²) >= 11 is 6.12. The van der Waals surface area contributed by atoms with Crippen molar-refractivity contribution in [3.63, 3.8) is 0 Å². The van der Waals surface area contributed by atoms with E-state index in [0.717, 1.165) is 0 Å². The highest BCUT2D eigenvalue weighted by Crippen LogP contribution is 2.21. The summed E-state index contributed by atoms with van der Waals surface area (Å²) in [5.74, 6) is -0.840. The van der Waals surface area contributed by atoms with E-state index in [0.29, 0.717) is 22.0 Å². The van der Waals surface area contributed by atoms with Crippen molar-refractivity contribution in [3.8, 4) is 5.69 Å². The molecule has 0 radical (unpaired) electrons. The average Bonchev–Trinajstić information content (AvgIpc) is 2.98. The number of carbonyl (C=O) groups is 1. The molecule has 0 unspecified atom stereocenters. The molecule has 0 bridgehead atoms. The second-order valence-corrected chi connectivity index (χ2v) is 5.45. The van der Waals surface area contributed by atoms with Gasteiger partial charge < -0.3 is 5.32 Å². The third kappa shape index (κ3) is 3.24. The van der Waals surface area contributed by atoms with E-state index in [4.69, 9.17) is 11.6 Å². The van der Waals surface area contributed by atoms with Crippen LogP contribution in [0.2, 0.25) is 5.02 Å². The molecule has 0 fully saturated rings. The van der Waals surface area contributed by atoms with Crippen molar-refractivity contribution in [1.29, 1.82) is 0 Å². The number of nitrogens with zero attached hydrogens (tertiary/aromatic N) is 2. The highest BCUT2D eigenvalue weighted by molar-refractivity contribution is 6.32. The van der Waals surface area contributed by atoms with Crippen molar-refractivity contribution in [2.45, 2.75) is 6.92 Å². The Kier molecular flexibility index (Phi) is 4.12. The minimum atomic E-state index is -0.451. The number of halogens is 2. The van der Waals surface area contributed by atoms with Gasteiger partial charge in [-0.3, -0.25) is 4.79 Å². The Labute approximate surface area is 137 Å². The van der Waals surface area contributed by atoms with Gasteiger partial charge in [-0.15, -0.1) is 0 Å². The van der Waals surface area contributed by atoms with Crippen LogP contribution < -0.4 is 5.32 Å². The van der Waals surface area contributed by atoms with Crippen LogP contribution in [0, 0.1) is 12.7 Å². The smallest absolute Gasteiger partial charge is 0.256 e. The topological polar surface area (TPSA) is 46.9 Å². The molecule has 0 atom stereocenters. The van der Waals surface area contributed by atoms with Crippen molar-refractivity contribution in [2.24, 2.45) is 0 Å². The molecule has 0 saturated heterocycles. The van der Waals surface area contributed by atoms with E-state index in [1.54, 1.807) is 29.9 Å². The molecular formula is C17H13ClFN3O. The van der Waals surface area contributed by atoms with Gasteiger partial charge in [0.05, 0.1) is 28.8 Å². The second-order valence-electron chi connectivity index (χ2n) is 5.04. The van der Waals surface area contributed by atoms with E-state index in [2.05, 4.69) is 10.4 Å². The van der Waals surface area contributed by atoms with Crippen molar-refractivity contribution < 1.29 is 9.18 Å². The van der Waals surface area contributed by atoms with Crippen molar-refractivity contribution >= 4 is 23.2 Å². The molecule has 0 spiro atoms. The fourth-order valence-electron chi connectivity index (χ4n) is 2.19. The number of aromatic nitrogens is 2. The second kappa shape index (κ2) is 6.22. The van der Waals surface area contributed by atoms with Gasteiger partial charge in [0.25, 0.3) is 5.91 Å². The molecule has 3 aromatic rings. The number of benzene rings is 2. The summed E-state index contributed by atoms with van der Waals surface area (Å²) < 4.78 is 14.9. The van der Waals surface area contributed by atoms with Crippen molar-refractivity contribution in [3.05, 3.63) is 76.8 Å². The first-order chi connectivity index (χ1) is 11.0. The summed E-state index contributed by atoms with van der Waals surface area (Å²) in [6.45, 7) is 1.75. The lowest BCUT2D eigenvalue weighted by atomic mass is 10.1. The van der Waals surface area contributed by atoms with E-state index < -0.39 is 5.82 Å². The molecule has 0 saturated carbocycles. The van der Waals surface area contributed by atoms with Gasteiger partial charge in [-0.1, -0.05) is 29.8 Å². The first-order valence-corrected chi connectivity index (χ1v) is 7.29. The van der Waals surface area contributed by atoms with Crippen LogP contribution in [0.1, 0.15) is 15.9 Å². The molecule has 2 aromatic carbocycles. The zero-order valence-electron chi connectivity index (χ0n) is 12.3. The minimum absolute atomic E-state index is 0.287. The Morgan fingerprint density at radius 1 is 1.26 bits per heavy atom. The number of amides is 1. The summed E-state index contributed by atoms with van der Waals surface area (Å²) in [7, 11) is 0. The highest BCUT2D eigenvalue weighted by Gasteiger charge is 2.12. The number of aryl methyl sites for hydroxylation is 1. The SMILES string of the molecule is Cc1ccc(F)cc1C(=O)Nc1cnn(-c2ccccc2Cl)c1. The number of rotatable bonds is 3. The van der Waals surface area contributed by atoms with Crippen LogP contribution in [0.15, 0.2) is 54.9 Å². The van der Waals surface area contributed by atoms with Crippen LogP contribution in [0.4, 0.5) is 10.1 Å². The van der Waals surface area contributed by atoms with Crippen LogP contribution in [-0.4, -0.2) is 15.7 Å². The molecule has 1 amide bonds. The lowest BCUT2D eigenvalue weighted by molar-refractivity contribution is 0.102. The molecule has 3 rings (SSSR count). The molecule has 1 aromatic heterocycles. The molecular weight excluding hydrogens is 317 g/mol. The zero-order chi connectivity index (χ0) is 16.4. The molecule has 23 heavy (non-hydrogen) atoms.